The molecule has 0 bridgehead atoms. The Balaban J connectivity index is 1.90. The highest BCUT2D eigenvalue weighted by Gasteiger charge is 2.10. The molecule has 5 nitrogen and oxygen atoms in total. The van der Waals surface area contributed by atoms with Gasteiger partial charge in [0.2, 0.25) is 0 Å². The van der Waals surface area contributed by atoms with Crippen LogP contribution in [0.5, 0.6) is 5.75 Å². The Morgan fingerprint density at radius 1 is 1.11 bits per heavy atom. The topological polar surface area (TPSA) is 64.6 Å². The highest BCUT2D eigenvalue weighted by Crippen LogP contribution is 2.22. The molecule has 1 amide bonds. The van der Waals surface area contributed by atoms with E-state index in [0.717, 1.165) is 22.8 Å². The SMILES string of the molecule is COc1ccc(/C=C/C(=O)OCC(=O)Nc2c(C)cc(C)cc2C)cc1F. The summed E-state index contributed by atoms with van der Waals surface area (Å²) in [5.74, 6) is -1.54. The molecule has 0 atom stereocenters. The zero-order valence-corrected chi connectivity index (χ0v) is 15.8. The number of carbonyl (C=O) groups is 2. The van der Waals surface area contributed by atoms with Crippen molar-refractivity contribution in [3.8, 4) is 5.75 Å². The van der Waals surface area contributed by atoms with Crippen LogP contribution in [0.4, 0.5) is 10.1 Å². The van der Waals surface area contributed by atoms with Crippen molar-refractivity contribution in [3.63, 3.8) is 0 Å². The number of anilines is 1. The summed E-state index contributed by atoms with van der Waals surface area (Å²) >= 11 is 0. The third-order valence-corrected chi connectivity index (χ3v) is 3.87. The molecule has 27 heavy (non-hydrogen) atoms. The van der Waals surface area contributed by atoms with E-state index in [1.54, 1.807) is 6.07 Å². The van der Waals surface area contributed by atoms with E-state index in [0.29, 0.717) is 11.3 Å². The molecule has 0 aliphatic rings. The quantitative estimate of drug-likeness (QED) is 0.617. The van der Waals surface area contributed by atoms with Crippen LogP contribution >= 0.6 is 0 Å². The highest BCUT2D eigenvalue weighted by atomic mass is 19.1. The van der Waals surface area contributed by atoms with Crippen LogP contribution in [0.3, 0.4) is 0 Å². The maximum atomic E-state index is 13.6. The largest absolute Gasteiger partial charge is 0.494 e. The molecule has 0 fully saturated rings. The zero-order valence-electron chi connectivity index (χ0n) is 15.8. The van der Waals surface area contributed by atoms with Crippen LogP contribution in [-0.4, -0.2) is 25.6 Å². The first-order valence-corrected chi connectivity index (χ1v) is 8.36. The molecular formula is C21H22FNO4. The van der Waals surface area contributed by atoms with Crippen LogP contribution in [-0.2, 0) is 14.3 Å². The Hall–Kier alpha value is -3.15. The summed E-state index contributed by atoms with van der Waals surface area (Å²) < 4.78 is 23.3. The smallest absolute Gasteiger partial charge is 0.331 e. The molecule has 142 valence electrons. The Bertz CT molecular complexity index is 867. The summed E-state index contributed by atoms with van der Waals surface area (Å²) in [5.41, 5.74) is 4.17. The van der Waals surface area contributed by atoms with E-state index in [9.17, 15) is 14.0 Å². The average Bonchev–Trinajstić information content (AvgIpc) is 2.61. The van der Waals surface area contributed by atoms with Crippen LogP contribution in [0.25, 0.3) is 6.08 Å². The Labute approximate surface area is 157 Å². The lowest BCUT2D eigenvalue weighted by atomic mass is 10.1. The van der Waals surface area contributed by atoms with Crippen molar-refractivity contribution in [1.29, 1.82) is 0 Å². The normalized spacial score (nSPS) is 10.7. The first-order valence-electron chi connectivity index (χ1n) is 8.36. The predicted octanol–water partition coefficient (Wildman–Crippen LogP) is 3.95. The fourth-order valence-electron chi connectivity index (χ4n) is 2.69. The first kappa shape index (κ1) is 20.2. The standard InChI is InChI=1S/C21H22FNO4/c1-13-9-14(2)21(15(3)10-13)23-19(24)12-27-20(25)8-6-16-5-7-18(26-4)17(22)11-16/h5-11H,12H2,1-4H3,(H,23,24)/b8-6+. The number of aryl methyl sites for hydroxylation is 3. The fourth-order valence-corrected chi connectivity index (χ4v) is 2.69. The van der Waals surface area contributed by atoms with Gasteiger partial charge in [-0.25, -0.2) is 9.18 Å². The molecule has 0 saturated heterocycles. The van der Waals surface area contributed by atoms with Gasteiger partial charge in [-0.3, -0.25) is 4.79 Å². The van der Waals surface area contributed by atoms with Crippen LogP contribution < -0.4 is 10.1 Å². The molecule has 2 aromatic carbocycles. The monoisotopic (exact) mass is 371 g/mol. The third-order valence-electron chi connectivity index (χ3n) is 3.87. The average molecular weight is 371 g/mol. The third kappa shape index (κ3) is 5.67. The molecule has 0 unspecified atom stereocenters. The second-order valence-electron chi connectivity index (χ2n) is 6.16. The van der Waals surface area contributed by atoms with Gasteiger partial charge in [-0.15, -0.1) is 0 Å². The van der Waals surface area contributed by atoms with E-state index in [1.807, 2.05) is 32.9 Å². The maximum absolute atomic E-state index is 13.6. The minimum atomic E-state index is -0.696. The fraction of sp³-hybridized carbons (Fsp3) is 0.238. The number of rotatable bonds is 6. The number of amides is 1. The molecule has 2 aromatic rings. The number of halogens is 1. The minimum absolute atomic E-state index is 0.119. The van der Waals surface area contributed by atoms with Crippen molar-refractivity contribution in [1.82, 2.24) is 0 Å². The summed E-state index contributed by atoms with van der Waals surface area (Å²) in [7, 11) is 1.37. The number of benzene rings is 2. The van der Waals surface area contributed by atoms with Crippen molar-refractivity contribution in [2.75, 3.05) is 19.0 Å². The lowest BCUT2D eigenvalue weighted by molar-refractivity contribution is -0.142. The van der Waals surface area contributed by atoms with E-state index in [4.69, 9.17) is 9.47 Å². The van der Waals surface area contributed by atoms with E-state index in [-0.39, 0.29) is 5.75 Å². The van der Waals surface area contributed by atoms with Gasteiger partial charge >= 0.3 is 5.97 Å². The number of carbonyl (C=O) groups excluding carboxylic acids is 2. The molecule has 0 aliphatic heterocycles. The minimum Gasteiger partial charge on any atom is -0.494 e. The van der Waals surface area contributed by atoms with Gasteiger partial charge in [0, 0.05) is 11.8 Å². The van der Waals surface area contributed by atoms with Gasteiger partial charge in [0.25, 0.3) is 5.91 Å². The summed E-state index contributed by atoms with van der Waals surface area (Å²) in [6, 6.07) is 8.22. The molecule has 2 rings (SSSR count). The van der Waals surface area contributed by atoms with Crippen molar-refractivity contribution in [3.05, 3.63) is 64.5 Å². The van der Waals surface area contributed by atoms with E-state index >= 15 is 0 Å². The molecule has 6 heteroatoms. The van der Waals surface area contributed by atoms with E-state index in [2.05, 4.69) is 5.32 Å². The number of ether oxygens (including phenoxy) is 2. The summed E-state index contributed by atoms with van der Waals surface area (Å²) in [5, 5.41) is 2.75. The van der Waals surface area contributed by atoms with Gasteiger partial charge in [0.15, 0.2) is 18.2 Å². The predicted molar refractivity (Wildman–Crippen MR) is 102 cm³/mol. The molecular weight excluding hydrogens is 349 g/mol. The van der Waals surface area contributed by atoms with Gasteiger partial charge in [-0.1, -0.05) is 23.8 Å². The Kier molecular flexibility index (Phi) is 6.71. The van der Waals surface area contributed by atoms with Crippen LogP contribution in [0.1, 0.15) is 22.3 Å². The van der Waals surface area contributed by atoms with Crippen LogP contribution in [0, 0.1) is 26.6 Å². The number of hydrogen-bond donors (Lipinski definition) is 1. The van der Waals surface area contributed by atoms with E-state index in [1.165, 1.54) is 25.3 Å². The molecule has 0 aromatic heterocycles. The molecule has 0 saturated carbocycles. The number of nitrogens with one attached hydrogen (secondary N) is 1. The van der Waals surface area contributed by atoms with Gasteiger partial charge < -0.3 is 14.8 Å². The summed E-state index contributed by atoms with van der Waals surface area (Å²) in [6.45, 7) is 5.37. The van der Waals surface area contributed by atoms with E-state index < -0.39 is 24.3 Å². The van der Waals surface area contributed by atoms with Crippen molar-refractivity contribution in [2.24, 2.45) is 0 Å². The molecule has 0 radical (unpaired) electrons. The molecule has 1 N–H and O–H groups in total. The first-order chi connectivity index (χ1) is 12.8. The van der Waals surface area contributed by atoms with Crippen molar-refractivity contribution < 1.29 is 23.5 Å². The van der Waals surface area contributed by atoms with Gasteiger partial charge in [0.05, 0.1) is 7.11 Å². The van der Waals surface area contributed by atoms with Crippen LogP contribution in [0.2, 0.25) is 0 Å². The van der Waals surface area contributed by atoms with Gasteiger partial charge in [-0.2, -0.15) is 0 Å². The summed E-state index contributed by atoms with van der Waals surface area (Å²) in [4.78, 5) is 23.8. The van der Waals surface area contributed by atoms with Gasteiger partial charge in [-0.05, 0) is 55.7 Å². The molecule has 0 spiro atoms. The number of hydrogen-bond acceptors (Lipinski definition) is 4. The molecule has 0 heterocycles. The lowest BCUT2D eigenvalue weighted by Crippen LogP contribution is -2.21. The second-order valence-corrected chi connectivity index (χ2v) is 6.16. The highest BCUT2D eigenvalue weighted by molar-refractivity contribution is 5.95. The number of methoxy groups -OCH3 is 1. The zero-order chi connectivity index (χ0) is 20.0. The van der Waals surface area contributed by atoms with Crippen molar-refractivity contribution >= 4 is 23.6 Å². The van der Waals surface area contributed by atoms with Gasteiger partial charge in [0.1, 0.15) is 0 Å². The number of esters is 1. The molecule has 0 aliphatic carbocycles. The van der Waals surface area contributed by atoms with Crippen molar-refractivity contribution in [2.45, 2.75) is 20.8 Å². The van der Waals surface area contributed by atoms with Crippen LogP contribution in [0.15, 0.2) is 36.4 Å². The summed E-state index contributed by atoms with van der Waals surface area (Å²) in [6.07, 6.45) is 2.54. The Morgan fingerprint density at radius 3 is 2.37 bits per heavy atom. The lowest BCUT2D eigenvalue weighted by Gasteiger charge is -2.12. The maximum Gasteiger partial charge on any atom is 0.331 e. The Morgan fingerprint density at radius 2 is 1.78 bits per heavy atom. The second kappa shape index (κ2) is 8.98.